The Balaban J connectivity index is 1.70. The molecule has 6 heteroatoms. The first kappa shape index (κ1) is 16.5. The zero-order valence-electron chi connectivity index (χ0n) is 14.5. The van der Waals surface area contributed by atoms with E-state index in [0.717, 1.165) is 18.7 Å². The van der Waals surface area contributed by atoms with Crippen LogP contribution < -0.4 is 5.32 Å². The third-order valence-corrected chi connectivity index (χ3v) is 5.00. The molecule has 0 aromatic carbocycles. The number of rotatable bonds is 3. The van der Waals surface area contributed by atoms with Crippen molar-refractivity contribution in [1.82, 2.24) is 19.8 Å². The molecule has 2 atom stereocenters. The van der Waals surface area contributed by atoms with Crippen molar-refractivity contribution in [3.05, 3.63) is 18.2 Å². The van der Waals surface area contributed by atoms with Gasteiger partial charge in [0.1, 0.15) is 11.4 Å². The molecule has 2 bridgehead atoms. The Morgan fingerprint density at radius 1 is 1.39 bits per heavy atom. The number of aliphatic hydroxyl groups is 1. The van der Waals surface area contributed by atoms with Gasteiger partial charge in [0.25, 0.3) is 0 Å². The average Bonchev–Trinajstić information content (AvgIpc) is 2.92. The van der Waals surface area contributed by atoms with Gasteiger partial charge in [-0.1, -0.05) is 0 Å². The molecule has 0 spiro atoms. The highest BCUT2D eigenvalue weighted by molar-refractivity contribution is 5.78. The molecule has 6 nitrogen and oxygen atoms in total. The van der Waals surface area contributed by atoms with E-state index in [1.807, 2.05) is 38.6 Å². The Labute approximate surface area is 137 Å². The number of aryl methyl sites for hydroxylation is 1. The topological polar surface area (TPSA) is 70.4 Å². The highest BCUT2D eigenvalue weighted by Gasteiger charge is 2.50. The lowest BCUT2D eigenvalue weighted by Crippen LogP contribution is -2.54. The molecule has 1 aromatic heterocycles. The smallest absolute Gasteiger partial charge is 0.234 e. The van der Waals surface area contributed by atoms with Crippen LogP contribution in [0, 0.1) is 0 Å². The van der Waals surface area contributed by atoms with E-state index in [2.05, 4.69) is 15.2 Å². The van der Waals surface area contributed by atoms with Crippen molar-refractivity contribution in [2.24, 2.45) is 7.05 Å². The zero-order chi connectivity index (χ0) is 16.8. The summed E-state index contributed by atoms with van der Waals surface area (Å²) in [5, 5.41) is 14.2. The standard InChI is InChI=1S/C17H28N4O2/c1-16(2,3)19-14(22)11-21-12-5-6-13(21)10-17(23,9-12)15-18-7-8-20(15)4/h7-8,12-13,23H,5-6,9-11H2,1-4H3,(H,19,22). The molecule has 23 heavy (non-hydrogen) atoms. The van der Waals surface area contributed by atoms with Crippen LogP contribution in [0.4, 0.5) is 0 Å². The molecule has 1 amide bonds. The monoisotopic (exact) mass is 320 g/mol. The summed E-state index contributed by atoms with van der Waals surface area (Å²) >= 11 is 0. The summed E-state index contributed by atoms with van der Waals surface area (Å²) in [5.74, 6) is 0.810. The molecule has 2 fully saturated rings. The number of aromatic nitrogens is 2. The first-order valence-electron chi connectivity index (χ1n) is 8.45. The first-order valence-corrected chi connectivity index (χ1v) is 8.45. The van der Waals surface area contributed by atoms with Crippen molar-refractivity contribution < 1.29 is 9.90 Å². The fraction of sp³-hybridized carbons (Fsp3) is 0.765. The van der Waals surface area contributed by atoms with Gasteiger partial charge in [0, 0.05) is 37.1 Å². The predicted octanol–water partition coefficient (Wildman–Crippen LogP) is 1.15. The lowest BCUT2D eigenvalue weighted by Gasteiger charge is -2.43. The van der Waals surface area contributed by atoms with E-state index >= 15 is 0 Å². The normalized spacial score (nSPS) is 31.3. The van der Waals surface area contributed by atoms with Crippen LogP contribution in [0.5, 0.6) is 0 Å². The maximum Gasteiger partial charge on any atom is 0.234 e. The van der Waals surface area contributed by atoms with Crippen LogP contribution in [0.1, 0.15) is 52.3 Å². The molecule has 2 N–H and O–H groups in total. The largest absolute Gasteiger partial charge is 0.382 e. The summed E-state index contributed by atoms with van der Waals surface area (Å²) in [4.78, 5) is 18.9. The summed E-state index contributed by atoms with van der Waals surface area (Å²) in [5.41, 5.74) is -1.08. The van der Waals surface area contributed by atoms with Crippen molar-refractivity contribution in [3.63, 3.8) is 0 Å². The van der Waals surface area contributed by atoms with E-state index in [-0.39, 0.29) is 23.5 Å². The fourth-order valence-electron chi connectivity index (χ4n) is 4.19. The number of nitrogens with zero attached hydrogens (tertiary/aromatic N) is 3. The van der Waals surface area contributed by atoms with Crippen LogP contribution in [0.15, 0.2) is 12.4 Å². The number of amides is 1. The van der Waals surface area contributed by atoms with Crippen LogP contribution in [-0.4, -0.2) is 49.6 Å². The quantitative estimate of drug-likeness (QED) is 0.876. The van der Waals surface area contributed by atoms with Crippen molar-refractivity contribution in [2.45, 2.75) is 69.7 Å². The number of carbonyl (C=O) groups is 1. The number of imidazole rings is 1. The van der Waals surface area contributed by atoms with Crippen LogP contribution in [0.25, 0.3) is 0 Å². The summed E-state index contributed by atoms with van der Waals surface area (Å²) in [6, 6.07) is 0.502. The first-order chi connectivity index (χ1) is 10.7. The van der Waals surface area contributed by atoms with Gasteiger partial charge in [-0.25, -0.2) is 4.98 Å². The van der Waals surface area contributed by atoms with Crippen LogP contribution >= 0.6 is 0 Å². The molecule has 2 aliphatic rings. The minimum absolute atomic E-state index is 0.0665. The van der Waals surface area contributed by atoms with Crippen molar-refractivity contribution in [3.8, 4) is 0 Å². The third kappa shape index (κ3) is 3.28. The molecule has 0 saturated carbocycles. The molecule has 2 aliphatic heterocycles. The van der Waals surface area contributed by atoms with Crippen LogP contribution in [0.3, 0.4) is 0 Å². The zero-order valence-corrected chi connectivity index (χ0v) is 14.5. The highest BCUT2D eigenvalue weighted by atomic mass is 16.3. The number of piperidine rings is 1. The lowest BCUT2D eigenvalue weighted by atomic mass is 9.85. The summed E-state index contributed by atoms with van der Waals surface area (Å²) in [7, 11) is 1.92. The van der Waals surface area contributed by atoms with Crippen molar-refractivity contribution in [2.75, 3.05) is 6.54 Å². The van der Waals surface area contributed by atoms with E-state index < -0.39 is 5.60 Å². The summed E-state index contributed by atoms with van der Waals surface area (Å²) in [6.45, 7) is 6.41. The number of carbonyl (C=O) groups excluding carboxylic acids is 1. The summed E-state index contributed by atoms with van der Waals surface area (Å²) < 4.78 is 1.90. The Bertz CT molecular complexity index is 576. The average molecular weight is 320 g/mol. The third-order valence-electron chi connectivity index (χ3n) is 5.00. The second-order valence-corrected chi connectivity index (χ2v) is 8.16. The molecule has 128 valence electrons. The maximum absolute atomic E-state index is 12.3. The van der Waals surface area contributed by atoms with E-state index in [1.165, 1.54) is 0 Å². The molecule has 1 aromatic rings. The van der Waals surface area contributed by atoms with Crippen LogP contribution in [0.2, 0.25) is 0 Å². The van der Waals surface area contributed by atoms with Gasteiger partial charge in [0.15, 0.2) is 0 Å². The number of fused-ring (bicyclic) bond motifs is 2. The second kappa shape index (κ2) is 5.60. The van der Waals surface area contributed by atoms with Crippen molar-refractivity contribution >= 4 is 5.91 Å². The predicted molar refractivity (Wildman–Crippen MR) is 87.8 cm³/mol. The number of nitrogens with one attached hydrogen (secondary N) is 1. The van der Waals surface area contributed by atoms with E-state index in [9.17, 15) is 9.90 Å². The number of hydrogen-bond donors (Lipinski definition) is 2. The van der Waals surface area contributed by atoms with Crippen molar-refractivity contribution in [1.29, 1.82) is 0 Å². The Kier molecular flexibility index (Phi) is 4.01. The Morgan fingerprint density at radius 2 is 2.00 bits per heavy atom. The maximum atomic E-state index is 12.3. The van der Waals surface area contributed by atoms with E-state index in [4.69, 9.17) is 0 Å². The van der Waals surface area contributed by atoms with Gasteiger partial charge in [-0.2, -0.15) is 0 Å². The Morgan fingerprint density at radius 3 is 2.48 bits per heavy atom. The second-order valence-electron chi connectivity index (χ2n) is 8.16. The molecule has 0 aliphatic carbocycles. The summed E-state index contributed by atoms with van der Waals surface area (Å²) in [6.07, 6.45) is 6.99. The molecule has 3 rings (SSSR count). The van der Waals surface area contributed by atoms with Crippen LogP contribution in [-0.2, 0) is 17.4 Å². The van der Waals surface area contributed by atoms with Gasteiger partial charge in [0.05, 0.1) is 6.54 Å². The molecule has 0 radical (unpaired) electrons. The molecular formula is C17H28N4O2. The minimum Gasteiger partial charge on any atom is -0.382 e. The van der Waals surface area contributed by atoms with Gasteiger partial charge in [-0.05, 0) is 46.5 Å². The minimum atomic E-state index is -0.874. The molecular weight excluding hydrogens is 292 g/mol. The van der Waals surface area contributed by atoms with Gasteiger partial charge >= 0.3 is 0 Å². The lowest BCUT2D eigenvalue weighted by molar-refractivity contribution is -0.127. The SMILES string of the molecule is Cn1ccnc1C1(O)CC2CCC(C1)N2CC(=O)NC(C)(C)C. The van der Waals surface area contributed by atoms with Gasteiger partial charge in [0.2, 0.25) is 5.91 Å². The molecule has 2 unspecified atom stereocenters. The van der Waals surface area contributed by atoms with Gasteiger partial charge in [-0.3, -0.25) is 9.69 Å². The number of hydrogen-bond acceptors (Lipinski definition) is 4. The fourth-order valence-corrected chi connectivity index (χ4v) is 4.19. The van der Waals surface area contributed by atoms with Gasteiger partial charge in [-0.15, -0.1) is 0 Å². The highest BCUT2D eigenvalue weighted by Crippen LogP contribution is 2.44. The molecule has 3 heterocycles. The van der Waals surface area contributed by atoms with E-state index in [1.54, 1.807) is 6.20 Å². The van der Waals surface area contributed by atoms with Gasteiger partial charge < -0.3 is 15.0 Å². The molecule has 2 saturated heterocycles. The van der Waals surface area contributed by atoms with E-state index in [0.29, 0.717) is 19.4 Å². The Hall–Kier alpha value is -1.40.